The summed E-state index contributed by atoms with van der Waals surface area (Å²) in [6.07, 6.45) is 0. The number of carbonyl (C=O) groups is 2. The lowest BCUT2D eigenvalue weighted by atomic mass is 10.1. The molecule has 0 aliphatic rings. The molecule has 1 atom stereocenters. The molecule has 0 bridgehead atoms. The van der Waals surface area contributed by atoms with Gasteiger partial charge in [-0.15, -0.1) is 0 Å². The van der Waals surface area contributed by atoms with E-state index in [0.717, 1.165) is 10.0 Å². The van der Waals surface area contributed by atoms with Gasteiger partial charge >= 0.3 is 0 Å². The van der Waals surface area contributed by atoms with Gasteiger partial charge in [-0.1, -0.05) is 15.9 Å². The van der Waals surface area contributed by atoms with Crippen LogP contribution >= 0.6 is 15.9 Å². The third-order valence-electron chi connectivity index (χ3n) is 2.99. The maximum absolute atomic E-state index is 12.0. The number of nitrogens with one attached hydrogen (secondary N) is 1. The molecule has 0 heterocycles. The number of halogens is 1. The van der Waals surface area contributed by atoms with E-state index < -0.39 is 6.04 Å². The summed E-state index contributed by atoms with van der Waals surface area (Å²) in [5.74, 6) is -0.328. The lowest BCUT2D eigenvalue weighted by molar-refractivity contribution is -0.131. The van der Waals surface area contributed by atoms with Crippen molar-refractivity contribution in [2.24, 2.45) is 0 Å². The third kappa shape index (κ3) is 4.06. The monoisotopic (exact) mass is 326 g/mol. The van der Waals surface area contributed by atoms with Crippen LogP contribution < -0.4 is 5.32 Å². The molecule has 0 saturated heterocycles. The van der Waals surface area contributed by atoms with Gasteiger partial charge in [0.05, 0.1) is 0 Å². The molecule has 0 aliphatic carbocycles. The van der Waals surface area contributed by atoms with E-state index in [1.807, 2.05) is 19.9 Å². The number of likely N-dealkylation sites (N-methyl/N-ethyl adjacent to an activating group) is 1. The molecular formula is C14H19BrN2O2. The number of hydrogen-bond acceptors (Lipinski definition) is 2. The minimum absolute atomic E-state index is 0.0929. The maximum Gasteiger partial charge on any atom is 0.251 e. The predicted molar refractivity (Wildman–Crippen MR) is 79.1 cm³/mol. The van der Waals surface area contributed by atoms with Crippen molar-refractivity contribution in [3.8, 4) is 0 Å². The predicted octanol–water partition coefficient (Wildman–Crippen LogP) is 2.35. The Labute approximate surface area is 122 Å². The van der Waals surface area contributed by atoms with E-state index in [4.69, 9.17) is 0 Å². The second-order valence-corrected chi connectivity index (χ2v) is 5.37. The highest BCUT2D eigenvalue weighted by Gasteiger charge is 2.19. The Hall–Kier alpha value is -1.36. The lowest BCUT2D eigenvalue weighted by Crippen LogP contribution is -2.45. The zero-order valence-corrected chi connectivity index (χ0v) is 13.2. The van der Waals surface area contributed by atoms with Gasteiger partial charge in [0.15, 0.2) is 0 Å². The molecular weight excluding hydrogens is 308 g/mol. The van der Waals surface area contributed by atoms with Crippen LogP contribution in [0.15, 0.2) is 22.7 Å². The minimum atomic E-state index is -0.526. The Bertz CT molecular complexity index is 488. The van der Waals surface area contributed by atoms with E-state index in [0.29, 0.717) is 12.1 Å². The summed E-state index contributed by atoms with van der Waals surface area (Å²) in [5, 5.41) is 2.71. The summed E-state index contributed by atoms with van der Waals surface area (Å²) >= 11 is 3.39. The first-order valence-electron chi connectivity index (χ1n) is 6.18. The van der Waals surface area contributed by atoms with Crippen LogP contribution in [0, 0.1) is 6.92 Å². The maximum atomic E-state index is 12.0. The highest BCUT2D eigenvalue weighted by molar-refractivity contribution is 9.10. The van der Waals surface area contributed by atoms with Crippen molar-refractivity contribution in [1.82, 2.24) is 10.2 Å². The van der Waals surface area contributed by atoms with E-state index in [1.54, 1.807) is 31.0 Å². The van der Waals surface area contributed by atoms with Crippen molar-refractivity contribution in [2.45, 2.75) is 26.8 Å². The SMILES string of the molecule is CCN(C)C(=O)C(C)NC(=O)c1ccc(Br)c(C)c1. The highest BCUT2D eigenvalue weighted by atomic mass is 79.9. The fourth-order valence-electron chi connectivity index (χ4n) is 1.61. The smallest absolute Gasteiger partial charge is 0.251 e. The summed E-state index contributed by atoms with van der Waals surface area (Å²) in [6.45, 7) is 6.12. The van der Waals surface area contributed by atoms with Gasteiger partial charge in [0.1, 0.15) is 6.04 Å². The van der Waals surface area contributed by atoms with Gasteiger partial charge < -0.3 is 10.2 Å². The van der Waals surface area contributed by atoms with Crippen LogP contribution in [-0.4, -0.2) is 36.3 Å². The van der Waals surface area contributed by atoms with Crippen LogP contribution in [0.5, 0.6) is 0 Å². The molecule has 0 radical (unpaired) electrons. The van der Waals surface area contributed by atoms with Crippen LogP contribution in [0.4, 0.5) is 0 Å². The Morgan fingerprint density at radius 2 is 2.05 bits per heavy atom. The highest BCUT2D eigenvalue weighted by Crippen LogP contribution is 2.17. The van der Waals surface area contributed by atoms with Crippen molar-refractivity contribution in [3.05, 3.63) is 33.8 Å². The molecule has 1 aromatic carbocycles. The standard InChI is InChI=1S/C14H19BrN2O2/c1-5-17(4)14(19)10(3)16-13(18)11-6-7-12(15)9(2)8-11/h6-8,10H,5H2,1-4H3,(H,16,18). The number of aryl methyl sites for hydroxylation is 1. The summed E-state index contributed by atoms with van der Waals surface area (Å²) in [6, 6.07) is 4.82. The molecule has 1 rings (SSSR count). The molecule has 1 N–H and O–H groups in total. The van der Waals surface area contributed by atoms with Crippen molar-refractivity contribution in [3.63, 3.8) is 0 Å². The van der Waals surface area contributed by atoms with Crippen LogP contribution in [0.25, 0.3) is 0 Å². The lowest BCUT2D eigenvalue weighted by Gasteiger charge is -2.20. The number of amides is 2. The average molecular weight is 327 g/mol. The minimum Gasteiger partial charge on any atom is -0.344 e. The second kappa shape index (κ2) is 6.70. The Morgan fingerprint density at radius 1 is 1.42 bits per heavy atom. The van der Waals surface area contributed by atoms with Crippen LogP contribution in [-0.2, 0) is 4.79 Å². The van der Waals surface area contributed by atoms with Gasteiger partial charge in [0.2, 0.25) is 5.91 Å². The first-order chi connectivity index (χ1) is 8.86. The molecule has 0 aromatic heterocycles. The Kier molecular flexibility index (Phi) is 5.54. The normalized spacial score (nSPS) is 11.8. The molecule has 0 spiro atoms. The number of carbonyl (C=O) groups excluding carboxylic acids is 2. The molecule has 4 nitrogen and oxygen atoms in total. The molecule has 0 saturated carbocycles. The van der Waals surface area contributed by atoms with Crippen molar-refractivity contribution in [1.29, 1.82) is 0 Å². The number of nitrogens with zero attached hydrogens (tertiary/aromatic N) is 1. The molecule has 0 aliphatic heterocycles. The van der Waals surface area contributed by atoms with Gasteiger partial charge in [-0.25, -0.2) is 0 Å². The molecule has 19 heavy (non-hydrogen) atoms. The van der Waals surface area contributed by atoms with Crippen molar-refractivity contribution >= 4 is 27.7 Å². The Morgan fingerprint density at radius 3 is 2.58 bits per heavy atom. The van der Waals surface area contributed by atoms with E-state index in [-0.39, 0.29) is 11.8 Å². The van der Waals surface area contributed by atoms with E-state index in [9.17, 15) is 9.59 Å². The Balaban J connectivity index is 2.74. The third-order valence-corrected chi connectivity index (χ3v) is 3.88. The molecule has 1 unspecified atom stereocenters. The molecule has 0 fully saturated rings. The van der Waals surface area contributed by atoms with Crippen LogP contribution in [0.2, 0.25) is 0 Å². The number of benzene rings is 1. The zero-order valence-electron chi connectivity index (χ0n) is 11.7. The van der Waals surface area contributed by atoms with Gasteiger partial charge in [0, 0.05) is 23.6 Å². The topological polar surface area (TPSA) is 49.4 Å². The quantitative estimate of drug-likeness (QED) is 0.923. The second-order valence-electron chi connectivity index (χ2n) is 4.51. The summed E-state index contributed by atoms with van der Waals surface area (Å²) in [4.78, 5) is 25.5. The van der Waals surface area contributed by atoms with E-state index in [2.05, 4.69) is 21.2 Å². The van der Waals surface area contributed by atoms with Crippen LogP contribution in [0.3, 0.4) is 0 Å². The van der Waals surface area contributed by atoms with Gasteiger partial charge in [-0.2, -0.15) is 0 Å². The van der Waals surface area contributed by atoms with Crippen LogP contribution in [0.1, 0.15) is 29.8 Å². The summed E-state index contributed by atoms with van der Waals surface area (Å²) in [5.41, 5.74) is 1.54. The van der Waals surface area contributed by atoms with Crippen molar-refractivity contribution in [2.75, 3.05) is 13.6 Å². The van der Waals surface area contributed by atoms with Gasteiger partial charge in [0.25, 0.3) is 5.91 Å². The largest absolute Gasteiger partial charge is 0.344 e. The summed E-state index contributed by atoms with van der Waals surface area (Å²) in [7, 11) is 1.72. The van der Waals surface area contributed by atoms with Gasteiger partial charge in [-0.3, -0.25) is 9.59 Å². The molecule has 1 aromatic rings. The summed E-state index contributed by atoms with van der Waals surface area (Å²) < 4.78 is 0.957. The first kappa shape index (κ1) is 15.7. The molecule has 2 amide bonds. The number of rotatable bonds is 4. The zero-order chi connectivity index (χ0) is 14.6. The van der Waals surface area contributed by atoms with Gasteiger partial charge in [-0.05, 0) is 44.5 Å². The van der Waals surface area contributed by atoms with Crippen molar-refractivity contribution < 1.29 is 9.59 Å². The van der Waals surface area contributed by atoms with E-state index in [1.165, 1.54) is 0 Å². The molecule has 5 heteroatoms. The first-order valence-corrected chi connectivity index (χ1v) is 6.98. The molecule has 104 valence electrons. The van der Waals surface area contributed by atoms with E-state index >= 15 is 0 Å². The fourth-order valence-corrected chi connectivity index (χ4v) is 1.86. The average Bonchev–Trinajstić information content (AvgIpc) is 2.39. The fraction of sp³-hybridized carbons (Fsp3) is 0.429. The number of hydrogen-bond donors (Lipinski definition) is 1.